The molecule has 2 atom stereocenters. The van der Waals surface area contributed by atoms with Crippen molar-refractivity contribution in [2.45, 2.75) is 26.4 Å². The number of rotatable bonds is 2. The second-order valence-corrected chi connectivity index (χ2v) is 3.82. The Morgan fingerprint density at radius 3 is 2.93 bits per heavy atom. The monoisotopic (exact) mass is 199 g/mol. The number of nitrogens with two attached hydrogens (primary N) is 1. The number of likely N-dealkylation sites (tertiary alicyclic amines) is 1. The number of piperidine rings is 1. The van der Waals surface area contributed by atoms with Crippen LogP contribution in [-0.2, 0) is 4.74 Å². The summed E-state index contributed by atoms with van der Waals surface area (Å²) in [5.74, 6) is 1.27. The molecule has 4 heteroatoms. The van der Waals surface area contributed by atoms with Crippen LogP contribution in [0.2, 0.25) is 0 Å². The van der Waals surface area contributed by atoms with Crippen LogP contribution < -0.4 is 5.73 Å². The zero-order chi connectivity index (χ0) is 10.6. The summed E-state index contributed by atoms with van der Waals surface area (Å²) in [5.41, 5.74) is 5.84. The van der Waals surface area contributed by atoms with Gasteiger partial charge in [-0.3, -0.25) is 4.99 Å². The normalized spacial score (nSPS) is 29.4. The number of hydrogen-bond acceptors (Lipinski definition) is 2. The van der Waals surface area contributed by atoms with Gasteiger partial charge in [0, 0.05) is 26.7 Å². The molecule has 1 fully saturated rings. The molecule has 14 heavy (non-hydrogen) atoms. The second-order valence-electron chi connectivity index (χ2n) is 3.82. The largest absolute Gasteiger partial charge is 0.379 e. The molecule has 0 aromatic rings. The fourth-order valence-electron chi connectivity index (χ4n) is 1.81. The summed E-state index contributed by atoms with van der Waals surface area (Å²) in [6.07, 6.45) is 1.41. The van der Waals surface area contributed by atoms with E-state index in [0.717, 1.165) is 26.1 Å². The van der Waals surface area contributed by atoms with Gasteiger partial charge in [-0.2, -0.15) is 0 Å². The Balaban J connectivity index is 2.54. The minimum Gasteiger partial charge on any atom is -0.379 e. The zero-order valence-electron chi connectivity index (χ0n) is 9.36. The maximum absolute atomic E-state index is 5.84. The Labute approximate surface area is 86.1 Å². The highest BCUT2D eigenvalue weighted by Crippen LogP contribution is 2.18. The molecule has 0 aromatic heterocycles. The molecule has 82 valence electrons. The van der Waals surface area contributed by atoms with Gasteiger partial charge in [-0.1, -0.05) is 6.92 Å². The lowest BCUT2D eigenvalue weighted by molar-refractivity contribution is 0.0145. The van der Waals surface area contributed by atoms with Crippen LogP contribution in [0.5, 0.6) is 0 Å². The molecule has 0 spiro atoms. The summed E-state index contributed by atoms with van der Waals surface area (Å²) >= 11 is 0. The molecule has 0 amide bonds. The van der Waals surface area contributed by atoms with Gasteiger partial charge in [0.1, 0.15) is 0 Å². The minimum atomic E-state index is 0.286. The number of guanidine groups is 1. The average Bonchev–Trinajstić information content (AvgIpc) is 2.19. The second kappa shape index (κ2) is 5.20. The van der Waals surface area contributed by atoms with Crippen molar-refractivity contribution in [3.05, 3.63) is 0 Å². The van der Waals surface area contributed by atoms with Crippen molar-refractivity contribution in [2.24, 2.45) is 16.6 Å². The third-order valence-corrected chi connectivity index (χ3v) is 2.84. The van der Waals surface area contributed by atoms with Gasteiger partial charge in [0.25, 0.3) is 0 Å². The number of methoxy groups -OCH3 is 1. The number of nitrogens with zero attached hydrogens (tertiary/aromatic N) is 2. The average molecular weight is 199 g/mol. The highest BCUT2D eigenvalue weighted by molar-refractivity contribution is 5.78. The summed E-state index contributed by atoms with van der Waals surface area (Å²) in [6.45, 7) is 6.82. The summed E-state index contributed by atoms with van der Waals surface area (Å²) in [6, 6.07) is 0. The Kier molecular flexibility index (Phi) is 4.20. The Morgan fingerprint density at radius 1 is 1.64 bits per heavy atom. The molecule has 0 saturated carbocycles. The molecule has 2 N–H and O–H groups in total. The quantitative estimate of drug-likeness (QED) is 0.525. The summed E-state index contributed by atoms with van der Waals surface area (Å²) < 4.78 is 5.41. The highest BCUT2D eigenvalue weighted by atomic mass is 16.5. The topological polar surface area (TPSA) is 50.8 Å². The third kappa shape index (κ3) is 2.61. The maximum atomic E-state index is 5.84. The molecule has 1 aliphatic rings. The molecular weight excluding hydrogens is 178 g/mol. The van der Waals surface area contributed by atoms with Crippen LogP contribution in [-0.4, -0.2) is 43.7 Å². The van der Waals surface area contributed by atoms with E-state index in [-0.39, 0.29) is 6.10 Å². The molecule has 1 heterocycles. The van der Waals surface area contributed by atoms with E-state index in [1.807, 2.05) is 6.92 Å². The van der Waals surface area contributed by atoms with E-state index < -0.39 is 0 Å². The van der Waals surface area contributed by atoms with E-state index >= 15 is 0 Å². The fraction of sp³-hybridized carbons (Fsp3) is 0.900. The molecule has 2 unspecified atom stereocenters. The van der Waals surface area contributed by atoms with Crippen LogP contribution in [0.3, 0.4) is 0 Å². The van der Waals surface area contributed by atoms with Crippen LogP contribution in [0.1, 0.15) is 20.3 Å². The Morgan fingerprint density at radius 2 is 2.36 bits per heavy atom. The van der Waals surface area contributed by atoms with E-state index in [4.69, 9.17) is 10.5 Å². The summed E-state index contributed by atoms with van der Waals surface area (Å²) in [4.78, 5) is 6.32. The van der Waals surface area contributed by atoms with Gasteiger partial charge in [0.2, 0.25) is 0 Å². The number of hydrogen-bond donors (Lipinski definition) is 1. The van der Waals surface area contributed by atoms with Crippen molar-refractivity contribution in [3.63, 3.8) is 0 Å². The van der Waals surface area contributed by atoms with Gasteiger partial charge in [-0.05, 0) is 19.3 Å². The highest BCUT2D eigenvalue weighted by Gasteiger charge is 2.26. The predicted molar refractivity (Wildman–Crippen MR) is 58.3 cm³/mol. The van der Waals surface area contributed by atoms with Crippen molar-refractivity contribution in [1.82, 2.24) is 4.90 Å². The number of aliphatic imine (C=N–C) groups is 1. The van der Waals surface area contributed by atoms with Gasteiger partial charge < -0.3 is 15.4 Å². The smallest absolute Gasteiger partial charge is 0.191 e. The molecule has 0 aliphatic carbocycles. The lowest BCUT2D eigenvalue weighted by atomic mass is 9.96. The van der Waals surface area contributed by atoms with Crippen LogP contribution in [0, 0.1) is 5.92 Å². The van der Waals surface area contributed by atoms with Crippen LogP contribution in [0.15, 0.2) is 4.99 Å². The summed E-state index contributed by atoms with van der Waals surface area (Å²) in [7, 11) is 1.76. The Hall–Kier alpha value is -0.770. The van der Waals surface area contributed by atoms with Gasteiger partial charge in [-0.25, -0.2) is 0 Å². The molecule has 1 rings (SSSR count). The fourth-order valence-corrected chi connectivity index (χ4v) is 1.81. The first-order chi connectivity index (χ1) is 6.69. The van der Waals surface area contributed by atoms with E-state index in [1.54, 1.807) is 7.11 Å². The van der Waals surface area contributed by atoms with Crippen LogP contribution >= 0.6 is 0 Å². The SMILES string of the molecule is CCN=C(N)N1CCC(C)C(OC)C1. The third-order valence-electron chi connectivity index (χ3n) is 2.84. The molecule has 0 bridgehead atoms. The van der Waals surface area contributed by atoms with Gasteiger partial charge in [0.05, 0.1) is 6.10 Å². The molecule has 4 nitrogen and oxygen atoms in total. The van der Waals surface area contributed by atoms with E-state index in [0.29, 0.717) is 11.9 Å². The van der Waals surface area contributed by atoms with Crippen molar-refractivity contribution < 1.29 is 4.74 Å². The predicted octanol–water partition coefficient (Wildman–Crippen LogP) is 0.678. The minimum absolute atomic E-state index is 0.286. The lowest BCUT2D eigenvalue weighted by Crippen LogP contribution is -2.49. The molecular formula is C10H21N3O. The van der Waals surface area contributed by atoms with Crippen molar-refractivity contribution in [2.75, 3.05) is 26.7 Å². The Bertz CT molecular complexity index is 206. The van der Waals surface area contributed by atoms with E-state index in [2.05, 4.69) is 16.8 Å². The van der Waals surface area contributed by atoms with Gasteiger partial charge in [-0.15, -0.1) is 0 Å². The number of ether oxygens (including phenoxy) is 1. The standard InChI is InChI=1S/C10H21N3O/c1-4-12-10(11)13-6-5-8(2)9(7-13)14-3/h8-9H,4-7H2,1-3H3,(H2,11,12). The van der Waals surface area contributed by atoms with Crippen molar-refractivity contribution in [1.29, 1.82) is 0 Å². The first kappa shape index (κ1) is 11.3. The van der Waals surface area contributed by atoms with Crippen molar-refractivity contribution >= 4 is 5.96 Å². The first-order valence-electron chi connectivity index (χ1n) is 5.26. The molecule has 0 aromatic carbocycles. The summed E-state index contributed by atoms with van der Waals surface area (Å²) in [5, 5.41) is 0. The molecule has 1 aliphatic heterocycles. The van der Waals surface area contributed by atoms with Crippen LogP contribution in [0.25, 0.3) is 0 Å². The molecule has 0 radical (unpaired) electrons. The van der Waals surface area contributed by atoms with E-state index in [1.165, 1.54) is 0 Å². The molecule has 1 saturated heterocycles. The van der Waals surface area contributed by atoms with Gasteiger partial charge in [0.15, 0.2) is 5.96 Å². The lowest BCUT2D eigenvalue weighted by Gasteiger charge is -2.36. The zero-order valence-corrected chi connectivity index (χ0v) is 9.36. The maximum Gasteiger partial charge on any atom is 0.191 e. The van der Waals surface area contributed by atoms with Crippen molar-refractivity contribution in [3.8, 4) is 0 Å². The van der Waals surface area contributed by atoms with Gasteiger partial charge >= 0.3 is 0 Å². The van der Waals surface area contributed by atoms with E-state index in [9.17, 15) is 0 Å². The first-order valence-corrected chi connectivity index (χ1v) is 5.26. The van der Waals surface area contributed by atoms with Crippen LogP contribution in [0.4, 0.5) is 0 Å².